The molecule has 0 saturated heterocycles. The van der Waals surface area contributed by atoms with Gasteiger partial charge in [-0.2, -0.15) is 0 Å². The molecule has 0 aliphatic rings. The van der Waals surface area contributed by atoms with E-state index in [0.717, 1.165) is 17.1 Å². The second-order valence-electron chi connectivity index (χ2n) is 3.57. The number of hydrogen-bond donors (Lipinski definition) is 1. The third kappa shape index (κ3) is 2.45. The Morgan fingerprint density at radius 3 is 2.80 bits per heavy atom. The van der Waals surface area contributed by atoms with Crippen LogP contribution >= 0.6 is 22.7 Å². The number of thiazole rings is 1. The third-order valence-corrected chi connectivity index (χ3v) is 4.38. The van der Waals surface area contributed by atoms with Crippen LogP contribution in [-0.2, 0) is 6.42 Å². The molecule has 2 aromatic heterocycles. The van der Waals surface area contributed by atoms with Crippen molar-refractivity contribution in [2.45, 2.75) is 26.3 Å². The largest absolute Gasteiger partial charge is 0.323 e. The van der Waals surface area contributed by atoms with E-state index in [4.69, 9.17) is 5.73 Å². The van der Waals surface area contributed by atoms with Gasteiger partial charge in [-0.15, -0.1) is 22.7 Å². The van der Waals surface area contributed by atoms with Crippen molar-refractivity contribution in [1.82, 2.24) is 4.98 Å². The number of rotatable bonds is 3. The van der Waals surface area contributed by atoms with Gasteiger partial charge in [0.1, 0.15) is 0 Å². The van der Waals surface area contributed by atoms with E-state index in [1.807, 2.05) is 13.8 Å². The number of nitrogens with two attached hydrogens (primary N) is 1. The highest BCUT2D eigenvalue weighted by atomic mass is 32.1. The SMILES string of the molecule is Cc1nc(C)c(C(N)Cc2cccs2)s1. The fourth-order valence-corrected chi connectivity index (χ4v) is 3.32. The molecule has 2 N–H and O–H groups in total. The van der Waals surface area contributed by atoms with Gasteiger partial charge in [-0.1, -0.05) is 6.07 Å². The van der Waals surface area contributed by atoms with Crippen molar-refractivity contribution in [2.75, 3.05) is 0 Å². The molecule has 0 aromatic carbocycles. The summed E-state index contributed by atoms with van der Waals surface area (Å²) in [5.41, 5.74) is 7.26. The zero-order chi connectivity index (χ0) is 10.8. The van der Waals surface area contributed by atoms with Gasteiger partial charge in [0.2, 0.25) is 0 Å². The lowest BCUT2D eigenvalue weighted by Gasteiger charge is -2.08. The Morgan fingerprint density at radius 1 is 1.47 bits per heavy atom. The molecule has 15 heavy (non-hydrogen) atoms. The lowest BCUT2D eigenvalue weighted by molar-refractivity contribution is 0.737. The molecule has 2 nitrogen and oxygen atoms in total. The molecule has 0 fully saturated rings. The first-order valence-electron chi connectivity index (χ1n) is 4.88. The first-order valence-corrected chi connectivity index (χ1v) is 6.58. The van der Waals surface area contributed by atoms with E-state index >= 15 is 0 Å². The van der Waals surface area contributed by atoms with Gasteiger partial charge in [-0.25, -0.2) is 4.98 Å². The van der Waals surface area contributed by atoms with Gasteiger partial charge in [0.15, 0.2) is 0 Å². The van der Waals surface area contributed by atoms with Crippen LogP contribution in [0.1, 0.15) is 26.5 Å². The van der Waals surface area contributed by atoms with Crippen LogP contribution in [-0.4, -0.2) is 4.98 Å². The highest BCUT2D eigenvalue weighted by molar-refractivity contribution is 7.11. The Kier molecular flexibility index (Phi) is 3.19. The summed E-state index contributed by atoms with van der Waals surface area (Å²) in [6.07, 6.45) is 0.917. The second-order valence-corrected chi connectivity index (χ2v) is 5.84. The van der Waals surface area contributed by atoms with E-state index in [9.17, 15) is 0 Å². The topological polar surface area (TPSA) is 38.9 Å². The van der Waals surface area contributed by atoms with Gasteiger partial charge in [0.25, 0.3) is 0 Å². The quantitative estimate of drug-likeness (QED) is 0.892. The maximum absolute atomic E-state index is 6.18. The van der Waals surface area contributed by atoms with Gasteiger partial charge >= 0.3 is 0 Å². The molecule has 2 heterocycles. The van der Waals surface area contributed by atoms with Gasteiger partial charge in [0.05, 0.1) is 10.7 Å². The van der Waals surface area contributed by atoms with Crippen molar-refractivity contribution in [1.29, 1.82) is 0 Å². The summed E-state index contributed by atoms with van der Waals surface area (Å²) in [5, 5.41) is 3.19. The van der Waals surface area contributed by atoms with Crippen molar-refractivity contribution in [3.63, 3.8) is 0 Å². The lowest BCUT2D eigenvalue weighted by atomic mass is 10.1. The maximum Gasteiger partial charge on any atom is 0.0900 e. The van der Waals surface area contributed by atoms with Crippen molar-refractivity contribution < 1.29 is 0 Å². The molecule has 4 heteroatoms. The van der Waals surface area contributed by atoms with Crippen LogP contribution in [0.15, 0.2) is 17.5 Å². The minimum absolute atomic E-state index is 0.0925. The summed E-state index contributed by atoms with van der Waals surface area (Å²) in [4.78, 5) is 6.97. The van der Waals surface area contributed by atoms with Crippen LogP contribution in [0.25, 0.3) is 0 Å². The van der Waals surface area contributed by atoms with Crippen LogP contribution in [0.5, 0.6) is 0 Å². The molecular weight excluding hydrogens is 224 g/mol. The summed E-state index contributed by atoms with van der Waals surface area (Å²) in [6, 6.07) is 4.29. The normalized spacial score (nSPS) is 13.0. The molecule has 1 atom stereocenters. The fourth-order valence-electron chi connectivity index (χ4n) is 1.63. The smallest absolute Gasteiger partial charge is 0.0900 e. The summed E-state index contributed by atoms with van der Waals surface area (Å²) < 4.78 is 0. The number of nitrogens with zero attached hydrogens (tertiary/aromatic N) is 1. The Morgan fingerprint density at radius 2 is 2.27 bits per heavy atom. The monoisotopic (exact) mass is 238 g/mol. The Hall–Kier alpha value is -0.710. The van der Waals surface area contributed by atoms with Crippen molar-refractivity contribution in [3.8, 4) is 0 Å². The predicted molar refractivity (Wildman–Crippen MR) is 66.5 cm³/mol. The van der Waals surface area contributed by atoms with E-state index in [-0.39, 0.29) is 6.04 Å². The number of hydrogen-bond acceptors (Lipinski definition) is 4. The molecule has 2 aromatic rings. The third-order valence-electron chi connectivity index (χ3n) is 2.28. The molecule has 1 unspecified atom stereocenters. The predicted octanol–water partition coefficient (Wildman–Crippen LogP) is 3.06. The van der Waals surface area contributed by atoms with Crippen LogP contribution in [0.2, 0.25) is 0 Å². The molecule has 0 amide bonds. The summed E-state index contributed by atoms with van der Waals surface area (Å²) in [7, 11) is 0. The molecular formula is C11H14N2S2. The highest BCUT2D eigenvalue weighted by Gasteiger charge is 2.14. The highest BCUT2D eigenvalue weighted by Crippen LogP contribution is 2.26. The minimum atomic E-state index is 0.0925. The van der Waals surface area contributed by atoms with E-state index in [0.29, 0.717) is 0 Å². The van der Waals surface area contributed by atoms with E-state index in [2.05, 4.69) is 22.5 Å². The molecule has 0 radical (unpaired) electrons. The number of thiophene rings is 1. The average Bonchev–Trinajstić information content (AvgIpc) is 2.75. The van der Waals surface area contributed by atoms with Gasteiger partial charge in [0, 0.05) is 22.2 Å². The molecule has 0 aliphatic carbocycles. The minimum Gasteiger partial charge on any atom is -0.323 e. The lowest BCUT2D eigenvalue weighted by Crippen LogP contribution is -2.12. The standard InChI is InChI=1S/C11H14N2S2/c1-7-11(15-8(2)13-7)10(12)6-9-4-3-5-14-9/h3-5,10H,6,12H2,1-2H3. The first kappa shape index (κ1) is 10.8. The number of aromatic nitrogens is 1. The van der Waals surface area contributed by atoms with Crippen LogP contribution in [0, 0.1) is 13.8 Å². The fraction of sp³-hybridized carbons (Fsp3) is 0.364. The number of aryl methyl sites for hydroxylation is 2. The van der Waals surface area contributed by atoms with Gasteiger partial charge in [-0.05, 0) is 25.3 Å². The summed E-state index contributed by atoms with van der Waals surface area (Å²) in [5.74, 6) is 0. The second kappa shape index (κ2) is 4.43. The summed E-state index contributed by atoms with van der Waals surface area (Å²) >= 11 is 3.48. The van der Waals surface area contributed by atoms with Crippen LogP contribution < -0.4 is 5.73 Å². The van der Waals surface area contributed by atoms with E-state index < -0.39 is 0 Å². The molecule has 80 valence electrons. The zero-order valence-electron chi connectivity index (χ0n) is 8.86. The van der Waals surface area contributed by atoms with Crippen molar-refractivity contribution in [3.05, 3.63) is 38.0 Å². The van der Waals surface area contributed by atoms with E-state index in [1.165, 1.54) is 9.75 Å². The zero-order valence-corrected chi connectivity index (χ0v) is 10.5. The molecule has 0 saturated carbocycles. The van der Waals surface area contributed by atoms with Gasteiger partial charge < -0.3 is 5.73 Å². The average molecular weight is 238 g/mol. The van der Waals surface area contributed by atoms with Crippen molar-refractivity contribution in [2.24, 2.45) is 5.73 Å². The molecule has 0 aliphatic heterocycles. The van der Waals surface area contributed by atoms with Crippen LogP contribution in [0.3, 0.4) is 0 Å². The maximum atomic E-state index is 6.18. The molecule has 0 bridgehead atoms. The van der Waals surface area contributed by atoms with Crippen LogP contribution in [0.4, 0.5) is 0 Å². The Bertz CT molecular complexity index is 431. The molecule has 2 rings (SSSR count). The molecule has 0 spiro atoms. The summed E-state index contributed by atoms with van der Waals surface area (Å²) in [6.45, 7) is 4.06. The van der Waals surface area contributed by atoms with Gasteiger partial charge in [-0.3, -0.25) is 0 Å². The first-order chi connectivity index (χ1) is 7.16. The van der Waals surface area contributed by atoms with E-state index in [1.54, 1.807) is 22.7 Å². The Balaban J connectivity index is 2.14. The Labute approximate surface area is 97.8 Å². The van der Waals surface area contributed by atoms with Crippen molar-refractivity contribution >= 4 is 22.7 Å².